The molecule has 1 aromatic rings. The summed E-state index contributed by atoms with van der Waals surface area (Å²) >= 11 is 5.91. The van der Waals surface area contributed by atoms with E-state index in [1.165, 1.54) is 17.0 Å². The Balaban J connectivity index is 1.42. The van der Waals surface area contributed by atoms with E-state index in [-0.39, 0.29) is 47.9 Å². The van der Waals surface area contributed by atoms with E-state index in [9.17, 15) is 22.8 Å². The zero-order valence-corrected chi connectivity index (χ0v) is 17.3. The molecule has 0 atom stereocenters. The molecule has 158 valence electrons. The van der Waals surface area contributed by atoms with Crippen LogP contribution < -0.4 is 10.0 Å². The van der Waals surface area contributed by atoms with Crippen molar-refractivity contribution in [1.82, 2.24) is 19.8 Å². The van der Waals surface area contributed by atoms with Crippen molar-refractivity contribution in [3.8, 4) is 0 Å². The number of amides is 3. The maximum absolute atomic E-state index is 12.3. The smallest absolute Gasteiger partial charge is 0.312 e. The predicted octanol–water partition coefficient (Wildman–Crippen LogP) is -0.0422. The van der Waals surface area contributed by atoms with Crippen LogP contribution in [-0.2, 0) is 24.4 Å². The number of hydrogen-bond donors (Lipinski definition) is 2. The summed E-state index contributed by atoms with van der Waals surface area (Å²) in [4.78, 5) is 39.2. The van der Waals surface area contributed by atoms with Crippen molar-refractivity contribution in [1.29, 1.82) is 0 Å². The number of benzene rings is 1. The second-order valence-corrected chi connectivity index (χ2v) is 9.14. The molecule has 0 aromatic heterocycles. The van der Waals surface area contributed by atoms with Gasteiger partial charge in [-0.25, -0.2) is 13.1 Å². The highest BCUT2D eigenvalue weighted by atomic mass is 35.5. The van der Waals surface area contributed by atoms with E-state index in [0.29, 0.717) is 13.1 Å². The molecule has 3 amide bonds. The number of nitrogens with zero attached hydrogens (tertiary/aromatic N) is 2. The highest BCUT2D eigenvalue weighted by Gasteiger charge is 2.31. The summed E-state index contributed by atoms with van der Waals surface area (Å²) in [6, 6.07) is 6.18. The Morgan fingerprint density at radius 1 is 1.03 bits per heavy atom. The number of carbonyl (C=O) groups is 3. The molecule has 2 fully saturated rings. The molecule has 2 aliphatic rings. The summed E-state index contributed by atoms with van der Waals surface area (Å²) in [5.41, 5.74) is 0. The van der Waals surface area contributed by atoms with Crippen molar-refractivity contribution < 1.29 is 22.8 Å². The lowest BCUT2D eigenvalue weighted by molar-refractivity contribution is -0.148. The number of nitrogens with one attached hydrogen (secondary N) is 2. The van der Waals surface area contributed by atoms with Gasteiger partial charge in [-0.05, 0) is 25.0 Å². The Morgan fingerprint density at radius 2 is 1.66 bits per heavy atom. The maximum Gasteiger partial charge on any atom is 0.312 e. The van der Waals surface area contributed by atoms with E-state index in [0.717, 1.165) is 12.8 Å². The molecule has 3 rings (SSSR count). The monoisotopic (exact) mass is 442 g/mol. The van der Waals surface area contributed by atoms with Crippen molar-refractivity contribution in [3.63, 3.8) is 0 Å². The molecule has 11 heteroatoms. The first-order chi connectivity index (χ1) is 13.8. The van der Waals surface area contributed by atoms with Crippen LogP contribution in [0.2, 0.25) is 5.02 Å². The molecule has 2 N–H and O–H groups in total. The minimum Gasteiger partial charge on any atom is -0.345 e. The molecule has 1 heterocycles. The van der Waals surface area contributed by atoms with Crippen LogP contribution in [0.3, 0.4) is 0 Å². The first-order valence-corrected chi connectivity index (χ1v) is 11.3. The van der Waals surface area contributed by atoms with Gasteiger partial charge in [-0.15, -0.1) is 0 Å². The molecule has 29 heavy (non-hydrogen) atoms. The average Bonchev–Trinajstić information content (AvgIpc) is 3.51. The van der Waals surface area contributed by atoms with Crippen molar-refractivity contribution >= 4 is 39.3 Å². The van der Waals surface area contributed by atoms with Gasteiger partial charge in [-0.2, -0.15) is 0 Å². The molecule has 0 spiro atoms. The Labute approximate surface area is 174 Å². The van der Waals surface area contributed by atoms with Gasteiger partial charge in [-0.1, -0.05) is 23.7 Å². The molecule has 1 aliphatic carbocycles. The van der Waals surface area contributed by atoms with E-state index in [4.69, 9.17) is 11.6 Å². The topological polar surface area (TPSA) is 116 Å². The number of sulfonamides is 1. The highest BCUT2D eigenvalue weighted by molar-refractivity contribution is 7.89. The lowest BCUT2D eigenvalue weighted by atomic mass is 10.2. The second kappa shape index (κ2) is 9.10. The fourth-order valence-electron chi connectivity index (χ4n) is 2.97. The number of rotatable bonds is 6. The van der Waals surface area contributed by atoms with Crippen LogP contribution in [0.15, 0.2) is 29.2 Å². The molecule has 0 bridgehead atoms. The SMILES string of the molecule is O=C(NC1CC1)C(=O)N1CCN(C(=O)CCNS(=O)(=O)c2ccccc2Cl)CC1. The lowest BCUT2D eigenvalue weighted by Gasteiger charge is -2.34. The Morgan fingerprint density at radius 3 is 2.28 bits per heavy atom. The van der Waals surface area contributed by atoms with Crippen LogP contribution in [-0.4, -0.2) is 74.7 Å². The van der Waals surface area contributed by atoms with Crippen molar-refractivity contribution in [3.05, 3.63) is 29.3 Å². The van der Waals surface area contributed by atoms with Crippen LogP contribution >= 0.6 is 11.6 Å². The number of carbonyl (C=O) groups excluding carboxylic acids is 3. The van der Waals surface area contributed by atoms with Gasteiger partial charge in [0.25, 0.3) is 0 Å². The Kier molecular flexibility index (Phi) is 6.76. The molecular weight excluding hydrogens is 420 g/mol. The molecule has 1 saturated heterocycles. The van der Waals surface area contributed by atoms with E-state index in [2.05, 4.69) is 10.0 Å². The second-order valence-electron chi connectivity index (χ2n) is 7.00. The highest BCUT2D eigenvalue weighted by Crippen LogP contribution is 2.20. The fourth-order valence-corrected chi connectivity index (χ4v) is 4.52. The van der Waals surface area contributed by atoms with Gasteiger partial charge in [-0.3, -0.25) is 14.4 Å². The van der Waals surface area contributed by atoms with E-state index in [1.807, 2.05) is 0 Å². The van der Waals surface area contributed by atoms with Crippen LogP contribution in [0.25, 0.3) is 0 Å². The maximum atomic E-state index is 12.3. The van der Waals surface area contributed by atoms with Crippen LogP contribution in [0.1, 0.15) is 19.3 Å². The van der Waals surface area contributed by atoms with Gasteiger partial charge in [0.1, 0.15) is 4.90 Å². The molecule has 0 unspecified atom stereocenters. The summed E-state index contributed by atoms with van der Waals surface area (Å²) in [7, 11) is -3.80. The number of hydrogen-bond acceptors (Lipinski definition) is 5. The van der Waals surface area contributed by atoms with Gasteiger partial charge in [0.15, 0.2) is 0 Å². The van der Waals surface area contributed by atoms with Gasteiger partial charge in [0, 0.05) is 45.2 Å². The zero-order valence-electron chi connectivity index (χ0n) is 15.8. The van der Waals surface area contributed by atoms with Crippen LogP contribution in [0.5, 0.6) is 0 Å². The molecule has 0 radical (unpaired) electrons. The summed E-state index contributed by atoms with van der Waals surface area (Å²) in [6.07, 6.45) is 1.79. The molecule has 9 nitrogen and oxygen atoms in total. The third-order valence-corrected chi connectivity index (χ3v) is 6.74. The van der Waals surface area contributed by atoms with Crippen molar-refractivity contribution in [2.24, 2.45) is 0 Å². The van der Waals surface area contributed by atoms with Crippen LogP contribution in [0, 0.1) is 0 Å². The summed E-state index contributed by atoms with van der Waals surface area (Å²) in [6.45, 7) is 1.09. The number of piperazine rings is 1. The van der Waals surface area contributed by atoms with E-state index >= 15 is 0 Å². The summed E-state index contributed by atoms with van der Waals surface area (Å²) in [5, 5.41) is 2.77. The lowest BCUT2D eigenvalue weighted by Crippen LogP contribution is -2.54. The minimum atomic E-state index is -3.80. The molecule has 1 saturated carbocycles. The predicted molar refractivity (Wildman–Crippen MR) is 106 cm³/mol. The Bertz CT molecular complexity index is 895. The van der Waals surface area contributed by atoms with Gasteiger partial charge < -0.3 is 15.1 Å². The summed E-state index contributed by atoms with van der Waals surface area (Å²) in [5.74, 6) is -1.39. The molecular formula is C18H23ClN4O5S. The molecule has 1 aromatic carbocycles. The van der Waals surface area contributed by atoms with Gasteiger partial charge in [0.2, 0.25) is 15.9 Å². The van der Waals surface area contributed by atoms with E-state index in [1.54, 1.807) is 17.0 Å². The first-order valence-electron chi connectivity index (χ1n) is 9.39. The quantitative estimate of drug-likeness (QED) is 0.599. The number of halogens is 1. The van der Waals surface area contributed by atoms with Crippen molar-refractivity contribution in [2.45, 2.75) is 30.2 Å². The third-order valence-electron chi connectivity index (χ3n) is 4.78. The normalized spacial score (nSPS) is 17.1. The van der Waals surface area contributed by atoms with Gasteiger partial charge >= 0.3 is 11.8 Å². The third kappa shape index (κ3) is 5.68. The average molecular weight is 443 g/mol. The largest absolute Gasteiger partial charge is 0.345 e. The van der Waals surface area contributed by atoms with E-state index < -0.39 is 21.8 Å². The van der Waals surface area contributed by atoms with Gasteiger partial charge in [0.05, 0.1) is 5.02 Å². The first kappa shape index (κ1) is 21.5. The minimum absolute atomic E-state index is 0.0141. The standard InChI is InChI=1S/C18H23ClN4O5S/c19-14-3-1-2-4-15(14)29(27,28)20-8-7-16(24)22-9-11-23(12-10-22)18(26)17(25)21-13-5-6-13/h1-4,13,20H,5-12H2,(H,21,25). The zero-order chi connectivity index (χ0) is 21.0. The fraction of sp³-hybridized carbons (Fsp3) is 0.500. The van der Waals surface area contributed by atoms with Crippen molar-refractivity contribution in [2.75, 3.05) is 32.7 Å². The Hall–Kier alpha value is -2.17. The van der Waals surface area contributed by atoms with Crippen LogP contribution in [0.4, 0.5) is 0 Å². The summed E-state index contributed by atoms with van der Waals surface area (Å²) < 4.78 is 26.9. The molecule has 1 aliphatic heterocycles.